The normalized spacial score (nSPS) is 22.6. The number of nitrogens with one attached hydrogen (secondary N) is 5. The number of likely N-dealkylation sites (tertiary alicyclic amines) is 1. The summed E-state index contributed by atoms with van der Waals surface area (Å²) in [6, 6.07) is 4.87. The van der Waals surface area contributed by atoms with E-state index in [0.29, 0.717) is 49.7 Å². The zero-order valence-corrected chi connectivity index (χ0v) is 56.9. The Morgan fingerprint density at radius 2 is 1.20 bits per heavy atom. The van der Waals surface area contributed by atoms with Gasteiger partial charge in [0, 0.05) is 23.9 Å². The number of sulfonamides is 4. The number of fused-ring (bicyclic) bond motifs is 1. The molecule has 2 heterocycles. The lowest BCUT2D eigenvalue weighted by molar-refractivity contribution is -0.143. The second kappa shape index (κ2) is 26.2. The van der Waals surface area contributed by atoms with Crippen LogP contribution in [0.4, 0.5) is 14.4 Å². The Labute approximate surface area is 529 Å². The number of primary sulfonamides is 1. The number of carbonyl (C=O) groups is 6. The first-order valence-electron chi connectivity index (χ1n) is 27.8. The predicted molar refractivity (Wildman–Crippen MR) is 328 cm³/mol. The van der Waals surface area contributed by atoms with Gasteiger partial charge in [-0.15, -0.1) is 18.2 Å². The highest BCUT2D eigenvalue weighted by Crippen LogP contribution is 2.50. The molecule has 1 aromatic carbocycles. The van der Waals surface area contributed by atoms with Crippen molar-refractivity contribution in [2.24, 2.45) is 16.5 Å². The van der Waals surface area contributed by atoms with Gasteiger partial charge in [0.15, 0.2) is 12.6 Å². The molecule has 0 radical (unpaired) electrons. The molecule has 0 spiro atoms. The number of rotatable bonds is 16. The standard InChI is InChI=1S/C35H46ClN5O9S.C8H14ClNO4S.C8H15NO4S.C3H6ClNO2S/c1-9-21-18-35(21,30(44)40-51(46,47)34(36)13-14-34)39-27(42)25-17-23(49-28-24-11-10-22(48-8)16-20(24)12-15-37-28)19-41(25)29(43)26(32(2,3)4)38-31(45)50-33(5,6)7;1-7(2,3)14-6(11)10-15(12,13)8(9)4-5-8;1-8(2,3)13-7(10)9-14(11,12)6-4-5-6;4-3(1-2-3)8(5,6)7/h9-12,15-16,21,23,25-26H,1,13-14,17-19H2,2-8H3,(H,38,45)(H,39,42)(H,40,44);4-5H2,1-3H3,(H,10,11);6H,4-5H2,1-3H3,(H,9,10);1-2H2,(H2,5,6,7)/t21-,23-,25+,26-,35-;;;/m1.../s1. The van der Waals surface area contributed by atoms with E-state index in [-0.39, 0.29) is 38.1 Å². The lowest BCUT2D eigenvalue weighted by Gasteiger charge is -2.36. The van der Waals surface area contributed by atoms with E-state index in [1.54, 1.807) is 119 Å². The Bertz CT molecular complexity index is 3480. The summed E-state index contributed by atoms with van der Waals surface area (Å²) in [5, 5.41) is 11.2. The summed E-state index contributed by atoms with van der Waals surface area (Å²) in [7, 11) is -13.4. The maximum atomic E-state index is 14.4. The number of benzene rings is 1. The first kappa shape index (κ1) is 73.6. The molecule has 1 aromatic heterocycles. The molecule has 6 aliphatic rings. The van der Waals surface area contributed by atoms with Crippen molar-refractivity contribution in [3.63, 3.8) is 0 Å². The lowest BCUT2D eigenvalue weighted by atomic mass is 9.85. The minimum absolute atomic E-state index is 0.00532. The fourth-order valence-electron chi connectivity index (χ4n) is 8.26. The summed E-state index contributed by atoms with van der Waals surface area (Å²) in [5.74, 6) is -1.89. The fraction of sp³-hybridized carbons (Fsp3) is 0.685. The van der Waals surface area contributed by atoms with Crippen LogP contribution in [0.5, 0.6) is 11.6 Å². The van der Waals surface area contributed by atoms with Gasteiger partial charge in [0.25, 0.3) is 26.0 Å². The zero-order chi connectivity index (χ0) is 67.0. The van der Waals surface area contributed by atoms with Crippen molar-refractivity contribution in [2.45, 2.75) is 206 Å². The maximum Gasteiger partial charge on any atom is 0.421 e. The molecule has 1 aliphatic heterocycles. The number of aromatic nitrogens is 1. The number of amides is 6. The molecule has 0 bridgehead atoms. The number of nitrogens with zero attached hydrogens (tertiary/aromatic N) is 2. The van der Waals surface area contributed by atoms with Gasteiger partial charge < -0.3 is 39.2 Å². The van der Waals surface area contributed by atoms with Gasteiger partial charge in [-0.2, -0.15) is 0 Å². The molecule has 5 atom stereocenters. The third kappa shape index (κ3) is 19.9. The maximum absolute atomic E-state index is 14.4. The molecule has 0 unspecified atom stereocenters. The molecule has 6 amide bonds. The van der Waals surface area contributed by atoms with Gasteiger partial charge in [0.1, 0.15) is 46.3 Å². The second-order valence-corrected chi connectivity index (χ2v) is 36.9. The highest BCUT2D eigenvalue weighted by atomic mass is 35.5. The zero-order valence-electron chi connectivity index (χ0n) is 51.3. The van der Waals surface area contributed by atoms with Gasteiger partial charge in [0.05, 0.1) is 18.9 Å². The van der Waals surface area contributed by atoms with E-state index >= 15 is 0 Å². The van der Waals surface area contributed by atoms with Gasteiger partial charge in [0.2, 0.25) is 37.7 Å². The van der Waals surface area contributed by atoms with Crippen molar-refractivity contribution in [3.8, 4) is 11.6 Å². The fourth-order valence-corrected chi connectivity index (χ4v) is 13.0. The topological polar surface area (TPSA) is 387 Å². The summed E-state index contributed by atoms with van der Waals surface area (Å²) < 4.78 is 120. The third-order valence-corrected chi connectivity index (χ3v) is 23.6. The quantitative estimate of drug-likeness (QED) is 0.0606. The van der Waals surface area contributed by atoms with E-state index in [9.17, 15) is 62.4 Å². The van der Waals surface area contributed by atoms with Gasteiger partial charge in [-0.1, -0.05) is 50.0 Å². The number of ether oxygens (including phenoxy) is 5. The first-order valence-corrected chi connectivity index (χ1v) is 35.0. The minimum atomic E-state index is -4.23. The average molecular weight is 1380 g/mol. The van der Waals surface area contributed by atoms with E-state index in [1.165, 1.54) is 11.0 Å². The van der Waals surface area contributed by atoms with Crippen molar-refractivity contribution in [3.05, 3.63) is 43.1 Å². The second-order valence-electron chi connectivity index (χ2n) is 26.2. The number of carbonyl (C=O) groups excluding carboxylic acids is 6. The van der Waals surface area contributed by atoms with Crippen LogP contribution < -0.4 is 39.4 Å². The Hall–Kier alpha value is -5.18. The van der Waals surface area contributed by atoms with Crippen LogP contribution in [-0.4, -0.2) is 152 Å². The molecule has 6 fully saturated rings. The average Bonchev–Trinajstić information content (AvgIpc) is 1.72. The Kier molecular flexibility index (Phi) is 21.9. The minimum Gasteiger partial charge on any atom is -0.497 e. The Morgan fingerprint density at radius 3 is 1.62 bits per heavy atom. The molecule has 496 valence electrons. The highest BCUT2D eigenvalue weighted by molar-refractivity contribution is 7.93. The molecular formula is C54H81Cl3N8O19S4. The van der Waals surface area contributed by atoms with Gasteiger partial charge in [-0.05, 0) is 155 Å². The largest absolute Gasteiger partial charge is 0.497 e. The molecule has 2 aromatic rings. The van der Waals surface area contributed by atoms with Crippen molar-refractivity contribution in [1.82, 2.24) is 34.7 Å². The molecule has 5 saturated carbocycles. The number of hydrogen-bond acceptors (Lipinski definition) is 20. The van der Waals surface area contributed by atoms with E-state index in [0.717, 1.165) is 5.39 Å². The van der Waals surface area contributed by atoms with Crippen molar-refractivity contribution < 1.29 is 86.1 Å². The SMILES string of the molecule is C=C[C@@H]1C[C@]1(NC(=O)[C@@H]1C[C@@H](Oc2nccc3cc(OC)ccc23)CN1C(=O)[C@@H](NC(=O)OC(C)(C)C)C(C)(C)C)C(=O)NS(=O)(=O)C1(Cl)CC1.CC(C)(C)OC(=O)NS(=O)(=O)C1(Cl)CC1.CC(C)(C)OC(=O)NS(=O)(=O)C1CC1.NS(=O)(=O)C1(Cl)CC1. The number of hydrogen-bond donors (Lipinski definition) is 6. The van der Waals surface area contributed by atoms with Crippen molar-refractivity contribution in [1.29, 1.82) is 0 Å². The molecule has 8 rings (SSSR count). The molecule has 5 aliphatic carbocycles. The molecular weight excluding hydrogens is 1300 g/mol. The number of alkyl carbamates (subject to hydrolysis) is 1. The summed E-state index contributed by atoms with van der Waals surface area (Å²) >= 11 is 17.2. The van der Waals surface area contributed by atoms with Crippen molar-refractivity contribution >= 4 is 122 Å². The van der Waals surface area contributed by atoms with Gasteiger partial charge in [-0.25, -0.2) is 72.3 Å². The van der Waals surface area contributed by atoms with Crippen LogP contribution in [0.1, 0.15) is 147 Å². The van der Waals surface area contributed by atoms with E-state index in [4.69, 9.17) is 63.6 Å². The summed E-state index contributed by atoms with van der Waals surface area (Å²) in [6.45, 7) is 24.0. The number of methoxy groups -OCH3 is 1. The van der Waals surface area contributed by atoms with Crippen LogP contribution in [-0.2, 0) is 68.7 Å². The molecule has 34 heteroatoms. The van der Waals surface area contributed by atoms with Crippen LogP contribution in [0.2, 0.25) is 0 Å². The highest BCUT2D eigenvalue weighted by Gasteiger charge is 2.64. The molecule has 1 saturated heterocycles. The third-order valence-electron chi connectivity index (χ3n) is 13.7. The van der Waals surface area contributed by atoms with E-state index in [1.807, 2.05) is 10.8 Å². The monoisotopic (exact) mass is 1380 g/mol. The van der Waals surface area contributed by atoms with Gasteiger partial charge >= 0.3 is 18.3 Å². The summed E-state index contributed by atoms with van der Waals surface area (Å²) in [5.41, 5.74) is -4.71. The Balaban J connectivity index is 0.000000304. The molecule has 27 nitrogen and oxygen atoms in total. The first-order chi connectivity index (χ1) is 39.8. The van der Waals surface area contributed by atoms with Crippen LogP contribution >= 0.6 is 34.8 Å². The van der Waals surface area contributed by atoms with E-state index < -0.39 is 146 Å². The number of alkyl halides is 3. The van der Waals surface area contributed by atoms with Crippen LogP contribution in [0.3, 0.4) is 0 Å². The number of pyridine rings is 1. The van der Waals surface area contributed by atoms with Gasteiger partial charge in [-0.3, -0.25) is 14.4 Å². The van der Waals surface area contributed by atoms with E-state index in [2.05, 4.69) is 26.9 Å². The summed E-state index contributed by atoms with van der Waals surface area (Å²) in [6.07, 6.45) is 3.00. The predicted octanol–water partition coefficient (Wildman–Crippen LogP) is 6.34. The molecule has 88 heavy (non-hydrogen) atoms. The number of nitrogens with two attached hydrogens (primary N) is 1. The Morgan fingerprint density at radius 1 is 0.716 bits per heavy atom. The van der Waals surface area contributed by atoms with Crippen molar-refractivity contribution in [2.75, 3.05) is 13.7 Å². The summed E-state index contributed by atoms with van der Waals surface area (Å²) in [4.78, 5) is 83.1. The van der Waals surface area contributed by atoms with Crippen LogP contribution in [0, 0.1) is 11.3 Å². The van der Waals surface area contributed by atoms with Crippen LogP contribution in [0.15, 0.2) is 43.1 Å². The van der Waals surface area contributed by atoms with Crippen LogP contribution in [0.25, 0.3) is 10.8 Å². The number of halogens is 3. The smallest absolute Gasteiger partial charge is 0.421 e. The lowest BCUT2D eigenvalue weighted by Crippen LogP contribution is -2.60. The molecule has 7 N–H and O–H groups in total.